The highest BCUT2D eigenvalue weighted by Gasteiger charge is 2.12. The maximum absolute atomic E-state index is 13.4. The van der Waals surface area contributed by atoms with Gasteiger partial charge in [0.2, 0.25) is 0 Å². The number of oxazole rings is 1. The van der Waals surface area contributed by atoms with E-state index in [0.29, 0.717) is 21.7 Å². The van der Waals surface area contributed by atoms with Gasteiger partial charge in [-0.15, -0.1) is 0 Å². The fourth-order valence-corrected chi connectivity index (χ4v) is 1.75. The third-order valence-electron chi connectivity index (χ3n) is 1.83. The summed E-state index contributed by atoms with van der Waals surface area (Å²) in [6.07, 6.45) is 1.51. The van der Waals surface area contributed by atoms with Gasteiger partial charge in [-0.1, -0.05) is 6.07 Å². The Morgan fingerprint density at radius 2 is 2.21 bits per heavy atom. The van der Waals surface area contributed by atoms with Crippen LogP contribution < -0.4 is 0 Å². The Balaban J connectivity index is 2.61. The van der Waals surface area contributed by atoms with Crippen molar-refractivity contribution in [1.29, 1.82) is 0 Å². The van der Waals surface area contributed by atoms with Crippen LogP contribution in [0.25, 0.3) is 11.3 Å². The van der Waals surface area contributed by atoms with Crippen LogP contribution in [0, 0.1) is 12.7 Å². The highest BCUT2D eigenvalue weighted by atomic mass is 79.9. The summed E-state index contributed by atoms with van der Waals surface area (Å²) < 4.78 is 19.3. The third-order valence-corrected chi connectivity index (χ3v) is 2.49. The van der Waals surface area contributed by atoms with Gasteiger partial charge in [0, 0.05) is 11.4 Å². The monoisotopic (exact) mass is 255 g/mol. The summed E-state index contributed by atoms with van der Waals surface area (Å²) in [4.78, 5) is 3.92. The number of hydrogen-bond donors (Lipinski definition) is 0. The molecular weight excluding hydrogens is 249 g/mol. The van der Waals surface area contributed by atoms with E-state index in [-0.39, 0.29) is 5.82 Å². The summed E-state index contributed by atoms with van der Waals surface area (Å²) in [6, 6.07) is 4.78. The minimum atomic E-state index is -0.324. The van der Waals surface area contributed by atoms with Gasteiger partial charge in [0.25, 0.3) is 0 Å². The third kappa shape index (κ3) is 1.57. The first-order valence-corrected chi connectivity index (χ1v) is 4.84. The van der Waals surface area contributed by atoms with Gasteiger partial charge in [-0.3, -0.25) is 0 Å². The number of benzene rings is 1. The van der Waals surface area contributed by atoms with Crippen molar-refractivity contribution >= 4 is 15.9 Å². The van der Waals surface area contributed by atoms with E-state index in [0.717, 1.165) is 0 Å². The maximum atomic E-state index is 13.4. The van der Waals surface area contributed by atoms with E-state index in [9.17, 15) is 4.39 Å². The topological polar surface area (TPSA) is 26.0 Å². The van der Waals surface area contributed by atoms with Gasteiger partial charge >= 0.3 is 0 Å². The van der Waals surface area contributed by atoms with Crippen molar-refractivity contribution in [3.63, 3.8) is 0 Å². The van der Waals surface area contributed by atoms with E-state index >= 15 is 0 Å². The first-order chi connectivity index (χ1) is 6.68. The summed E-state index contributed by atoms with van der Waals surface area (Å²) in [7, 11) is 0. The molecule has 1 heterocycles. The molecule has 0 saturated heterocycles. The Labute approximate surface area is 88.9 Å². The second-order valence-corrected chi connectivity index (χ2v) is 3.69. The molecule has 0 unspecified atom stereocenters. The molecule has 0 bridgehead atoms. The molecule has 0 radical (unpaired) electrons. The number of nitrogens with zero attached hydrogens (tertiary/aromatic N) is 1. The van der Waals surface area contributed by atoms with Gasteiger partial charge in [0.15, 0.2) is 11.7 Å². The summed E-state index contributed by atoms with van der Waals surface area (Å²) in [5.74, 6) is 0.637. The zero-order valence-corrected chi connectivity index (χ0v) is 9.01. The molecule has 0 amide bonds. The van der Waals surface area contributed by atoms with Gasteiger partial charge in [0.05, 0.1) is 11.8 Å². The Bertz CT molecular complexity index is 447. The Morgan fingerprint density at radius 1 is 1.43 bits per heavy atom. The van der Waals surface area contributed by atoms with E-state index in [1.54, 1.807) is 19.1 Å². The standard InChI is InChI=1S/C10H7BrFNO/c1-6-13-5-9(14-6)10-7(11)3-2-4-8(10)12/h2-5H,1H3. The quantitative estimate of drug-likeness (QED) is 0.779. The van der Waals surface area contributed by atoms with Crippen molar-refractivity contribution < 1.29 is 8.81 Å². The van der Waals surface area contributed by atoms with Crippen LogP contribution in [0.2, 0.25) is 0 Å². The predicted molar refractivity (Wildman–Crippen MR) is 54.3 cm³/mol. The van der Waals surface area contributed by atoms with Crippen LogP contribution in [0.3, 0.4) is 0 Å². The van der Waals surface area contributed by atoms with Gasteiger partial charge in [-0.25, -0.2) is 9.37 Å². The molecule has 0 saturated carbocycles. The number of aromatic nitrogens is 1. The molecule has 2 aromatic rings. The fraction of sp³-hybridized carbons (Fsp3) is 0.100. The number of aryl methyl sites for hydroxylation is 1. The molecule has 0 fully saturated rings. The predicted octanol–water partition coefficient (Wildman–Crippen LogP) is 3.55. The molecule has 14 heavy (non-hydrogen) atoms. The van der Waals surface area contributed by atoms with Crippen LogP contribution in [0.4, 0.5) is 4.39 Å². The van der Waals surface area contributed by atoms with Gasteiger partial charge in [0.1, 0.15) is 5.82 Å². The van der Waals surface area contributed by atoms with Crippen LogP contribution >= 0.6 is 15.9 Å². The van der Waals surface area contributed by atoms with Crippen molar-refractivity contribution in [2.75, 3.05) is 0 Å². The molecule has 0 spiro atoms. The summed E-state index contributed by atoms with van der Waals surface area (Å²) >= 11 is 3.27. The van der Waals surface area contributed by atoms with Crippen molar-refractivity contribution in [2.24, 2.45) is 0 Å². The van der Waals surface area contributed by atoms with Crippen molar-refractivity contribution in [1.82, 2.24) is 4.98 Å². The van der Waals surface area contributed by atoms with E-state index in [1.165, 1.54) is 12.3 Å². The van der Waals surface area contributed by atoms with Crippen molar-refractivity contribution in [2.45, 2.75) is 6.92 Å². The molecular formula is C10H7BrFNO. The largest absolute Gasteiger partial charge is 0.441 e. The molecule has 2 rings (SSSR count). The molecule has 0 aliphatic rings. The van der Waals surface area contributed by atoms with E-state index in [4.69, 9.17) is 4.42 Å². The van der Waals surface area contributed by atoms with Crippen molar-refractivity contribution in [3.05, 3.63) is 40.6 Å². The molecule has 1 aromatic heterocycles. The minimum Gasteiger partial charge on any atom is -0.441 e. The summed E-state index contributed by atoms with van der Waals surface area (Å²) in [5.41, 5.74) is 0.410. The van der Waals surface area contributed by atoms with Crippen molar-refractivity contribution in [3.8, 4) is 11.3 Å². The first-order valence-electron chi connectivity index (χ1n) is 4.05. The Hall–Kier alpha value is -1.16. The Morgan fingerprint density at radius 3 is 2.79 bits per heavy atom. The number of hydrogen-bond acceptors (Lipinski definition) is 2. The lowest BCUT2D eigenvalue weighted by atomic mass is 10.2. The van der Waals surface area contributed by atoms with Crippen LogP contribution in [0.15, 0.2) is 33.3 Å². The maximum Gasteiger partial charge on any atom is 0.191 e. The lowest BCUT2D eigenvalue weighted by molar-refractivity contribution is 0.528. The Kier molecular flexibility index (Phi) is 2.37. The normalized spacial score (nSPS) is 10.5. The SMILES string of the molecule is Cc1ncc(-c2c(F)cccc2Br)o1. The zero-order chi connectivity index (χ0) is 10.1. The van der Waals surface area contributed by atoms with Crippen LogP contribution in [0.5, 0.6) is 0 Å². The highest BCUT2D eigenvalue weighted by Crippen LogP contribution is 2.30. The van der Waals surface area contributed by atoms with E-state index in [1.807, 2.05) is 0 Å². The lowest BCUT2D eigenvalue weighted by Gasteiger charge is -2.00. The van der Waals surface area contributed by atoms with Crippen LogP contribution in [0.1, 0.15) is 5.89 Å². The molecule has 0 atom stereocenters. The summed E-state index contributed by atoms with van der Waals surface area (Å²) in [5, 5.41) is 0. The van der Waals surface area contributed by atoms with E-state index in [2.05, 4.69) is 20.9 Å². The van der Waals surface area contributed by atoms with E-state index < -0.39 is 0 Å². The molecule has 0 aliphatic heterocycles. The van der Waals surface area contributed by atoms with Gasteiger partial charge in [-0.2, -0.15) is 0 Å². The molecule has 4 heteroatoms. The number of rotatable bonds is 1. The molecule has 0 N–H and O–H groups in total. The number of halogens is 2. The van der Waals surface area contributed by atoms with Gasteiger partial charge in [-0.05, 0) is 28.1 Å². The van der Waals surface area contributed by atoms with Gasteiger partial charge < -0.3 is 4.42 Å². The lowest BCUT2D eigenvalue weighted by Crippen LogP contribution is -1.83. The average molecular weight is 256 g/mol. The zero-order valence-electron chi connectivity index (χ0n) is 7.42. The first kappa shape index (κ1) is 9.40. The molecule has 2 nitrogen and oxygen atoms in total. The molecule has 72 valence electrons. The minimum absolute atomic E-state index is 0.324. The second-order valence-electron chi connectivity index (χ2n) is 2.84. The average Bonchev–Trinajstić information content (AvgIpc) is 2.51. The summed E-state index contributed by atoms with van der Waals surface area (Å²) in [6.45, 7) is 1.72. The molecule has 0 aliphatic carbocycles. The fourth-order valence-electron chi connectivity index (χ4n) is 1.21. The van der Waals surface area contributed by atoms with Crippen LogP contribution in [-0.4, -0.2) is 4.98 Å². The second kappa shape index (κ2) is 3.53. The van der Waals surface area contributed by atoms with Crippen LogP contribution in [-0.2, 0) is 0 Å². The smallest absolute Gasteiger partial charge is 0.191 e. The molecule has 1 aromatic carbocycles. The highest BCUT2D eigenvalue weighted by molar-refractivity contribution is 9.10.